The predicted octanol–water partition coefficient (Wildman–Crippen LogP) is 4.26. The van der Waals surface area contributed by atoms with Gasteiger partial charge in [0.1, 0.15) is 0 Å². The van der Waals surface area contributed by atoms with E-state index in [9.17, 15) is 0 Å². The maximum absolute atomic E-state index is 5.73. The molecular formula is C15H18Cl2N2. The number of nitrogens with zero attached hydrogens (tertiary/aromatic N) is 1. The van der Waals surface area contributed by atoms with Gasteiger partial charge in [0.15, 0.2) is 0 Å². The minimum absolute atomic E-state index is 0. The third-order valence-corrected chi connectivity index (χ3v) is 3.75. The number of nitrogens with one attached hydrogen (secondary N) is 1. The van der Waals surface area contributed by atoms with E-state index < -0.39 is 0 Å². The van der Waals surface area contributed by atoms with Crippen LogP contribution in [0.25, 0.3) is 10.9 Å². The number of benzene rings is 1. The van der Waals surface area contributed by atoms with Gasteiger partial charge in [-0.25, -0.2) is 0 Å². The van der Waals surface area contributed by atoms with Crippen molar-refractivity contribution in [2.45, 2.75) is 26.2 Å². The van der Waals surface area contributed by atoms with Gasteiger partial charge in [-0.1, -0.05) is 11.6 Å². The maximum atomic E-state index is 5.73. The fraction of sp³-hybridized carbons (Fsp3) is 0.400. The molecule has 1 N–H and O–H groups in total. The second-order valence-electron chi connectivity index (χ2n) is 4.90. The molecule has 2 nitrogen and oxygen atoms in total. The van der Waals surface area contributed by atoms with Gasteiger partial charge >= 0.3 is 0 Å². The van der Waals surface area contributed by atoms with Crippen molar-refractivity contribution >= 4 is 40.6 Å². The van der Waals surface area contributed by atoms with Gasteiger partial charge in [0, 0.05) is 16.8 Å². The highest BCUT2D eigenvalue weighted by Crippen LogP contribution is 2.30. The largest absolute Gasteiger partial charge is 0.353 e. The molecule has 1 aromatic heterocycles. The first-order valence-electron chi connectivity index (χ1n) is 6.50. The van der Waals surface area contributed by atoms with Gasteiger partial charge in [0.2, 0.25) is 0 Å². The number of hydrogen-bond acceptors (Lipinski definition) is 1. The summed E-state index contributed by atoms with van der Waals surface area (Å²) in [6.07, 6.45) is 3.41. The molecule has 1 aliphatic rings. The van der Waals surface area contributed by atoms with E-state index in [4.69, 9.17) is 11.6 Å². The molecule has 0 fully saturated rings. The Morgan fingerprint density at radius 1 is 1.32 bits per heavy atom. The van der Waals surface area contributed by atoms with Crippen LogP contribution in [0.3, 0.4) is 0 Å². The zero-order chi connectivity index (χ0) is 12.5. The maximum Gasteiger partial charge on any atom is 0.0637 e. The third kappa shape index (κ3) is 2.65. The molecular weight excluding hydrogens is 279 g/mol. The van der Waals surface area contributed by atoms with Crippen molar-refractivity contribution in [2.75, 3.05) is 12.4 Å². The number of aromatic nitrogens is 1. The lowest BCUT2D eigenvalue weighted by Gasteiger charge is -2.14. The topological polar surface area (TPSA) is 28.1 Å². The van der Waals surface area contributed by atoms with Crippen LogP contribution in [0.2, 0.25) is 0 Å². The van der Waals surface area contributed by atoms with Crippen LogP contribution >= 0.6 is 24.0 Å². The normalized spacial score (nSPS) is 16.4. The first-order valence-corrected chi connectivity index (χ1v) is 7.04. The molecule has 102 valence electrons. The van der Waals surface area contributed by atoms with Gasteiger partial charge in [0.05, 0.1) is 18.0 Å². The monoisotopic (exact) mass is 296 g/mol. The van der Waals surface area contributed by atoms with E-state index in [0.29, 0.717) is 12.4 Å². The first kappa shape index (κ1) is 14.4. The summed E-state index contributed by atoms with van der Waals surface area (Å²) in [5, 5.41) is 1.36. The van der Waals surface area contributed by atoms with Gasteiger partial charge < -0.3 is 4.98 Å². The van der Waals surface area contributed by atoms with Crippen LogP contribution in [-0.4, -0.2) is 23.1 Å². The lowest BCUT2D eigenvalue weighted by molar-refractivity contribution is 0.836. The second kappa shape index (κ2) is 5.98. The molecule has 1 heterocycles. The summed E-state index contributed by atoms with van der Waals surface area (Å²) in [5.74, 6) is 0.595. The number of aliphatic imine (C=N–C) groups is 1. The number of fused-ring (bicyclic) bond motifs is 3. The van der Waals surface area contributed by atoms with E-state index >= 15 is 0 Å². The molecule has 1 aromatic carbocycles. The average molecular weight is 297 g/mol. The summed E-state index contributed by atoms with van der Waals surface area (Å²) < 4.78 is 0. The minimum Gasteiger partial charge on any atom is -0.353 e. The van der Waals surface area contributed by atoms with Crippen LogP contribution in [-0.2, 0) is 6.42 Å². The summed E-state index contributed by atoms with van der Waals surface area (Å²) in [6.45, 7) is 2.86. The Bertz CT molecular complexity index is 614. The first-order chi connectivity index (χ1) is 8.79. The van der Waals surface area contributed by atoms with E-state index in [1.807, 2.05) is 0 Å². The molecule has 1 aliphatic carbocycles. The van der Waals surface area contributed by atoms with Gasteiger partial charge in [-0.15, -0.1) is 24.0 Å². The fourth-order valence-electron chi connectivity index (χ4n) is 2.76. The molecule has 0 unspecified atom stereocenters. The fourth-order valence-corrected chi connectivity index (χ4v) is 2.84. The molecule has 4 heteroatoms. The number of rotatable bonds is 2. The van der Waals surface area contributed by atoms with Crippen molar-refractivity contribution in [1.29, 1.82) is 0 Å². The Balaban J connectivity index is 0.00000133. The van der Waals surface area contributed by atoms with Crippen molar-refractivity contribution < 1.29 is 0 Å². The van der Waals surface area contributed by atoms with E-state index in [2.05, 4.69) is 35.1 Å². The number of aryl methyl sites for hydroxylation is 2. The van der Waals surface area contributed by atoms with Gasteiger partial charge in [0.25, 0.3) is 0 Å². The summed E-state index contributed by atoms with van der Waals surface area (Å²) in [6, 6.07) is 6.59. The van der Waals surface area contributed by atoms with Crippen molar-refractivity contribution in [3.05, 3.63) is 35.0 Å². The quantitative estimate of drug-likeness (QED) is 0.802. The van der Waals surface area contributed by atoms with Gasteiger partial charge in [-0.05, 0) is 43.9 Å². The molecule has 0 saturated carbocycles. The average Bonchev–Trinajstić information content (AvgIpc) is 2.75. The van der Waals surface area contributed by atoms with Gasteiger partial charge in [-0.2, -0.15) is 0 Å². The zero-order valence-electron chi connectivity index (χ0n) is 11.0. The lowest BCUT2D eigenvalue weighted by Crippen LogP contribution is -2.12. The van der Waals surface area contributed by atoms with Crippen LogP contribution in [0.4, 0.5) is 0 Å². The molecule has 0 bridgehead atoms. The minimum atomic E-state index is 0. The van der Waals surface area contributed by atoms with Crippen LogP contribution in [0, 0.1) is 6.92 Å². The molecule has 0 saturated heterocycles. The van der Waals surface area contributed by atoms with E-state index in [-0.39, 0.29) is 12.4 Å². The predicted molar refractivity (Wildman–Crippen MR) is 85.3 cm³/mol. The van der Waals surface area contributed by atoms with Crippen LogP contribution < -0.4 is 0 Å². The number of H-pyrrole nitrogens is 1. The summed E-state index contributed by atoms with van der Waals surface area (Å²) in [4.78, 5) is 8.14. The Morgan fingerprint density at radius 2 is 2.16 bits per heavy atom. The van der Waals surface area contributed by atoms with Crippen molar-refractivity contribution in [3.63, 3.8) is 0 Å². The summed E-state index contributed by atoms with van der Waals surface area (Å²) >= 11 is 5.73. The third-order valence-electron chi connectivity index (χ3n) is 3.58. The van der Waals surface area contributed by atoms with Crippen molar-refractivity contribution in [2.24, 2.45) is 4.99 Å². The van der Waals surface area contributed by atoms with E-state index in [1.165, 1.54) is 39.9 Å². The molecule has 19 heavy (non-hydrogen) atoms. The van der Waals surface area contributed by atoms with Crippen LogP contribution in [0.5, 0.6) is 0 Å². The number of hydrogen-bond donors (Lipinski definition) is 1. The number of aromatic amines is 1. The SMILES string of the molecule is Cc1ccc2[nH]c3c(c2c1)CCC/C3=N\CCCl.Cl. The molecule has 0 radical (unpaired) electrons. The molecule has 0 aliphatic heterocycles. The Labute approximate surface area is 124 Å². The molecule has 0 spiro atoms. The lowest BCUT2D eigenvalue weighted by atomic mass is 9.93. The Hall–Kier alpha value is -0.990. The van der Waals surface area contributed by atoms with E-state index in [1.54, 1.807) is 0 Å². The highest BCUT2D eigenvalue weighted by Gasteiger charge is 2.20. The van der Waals surface area contributed by atoms with E-state index in [0.717, 1.165) is 12.8 Å². The second-order valence-corrected chi connectivity index (χ2v) is 5.28. The molecule has 0 atom stereocenters. The Morgan fingerprint density at radius 3 is 2.95 bits per heavy atom. The molecule has 0 amide bonds. The summed E-state index contributed by atoms with van der Waals surface area (Å²) in [5.41, 5.74) is 6.42. The van der Waals surface area contributed by atoms with Crippen LogP contribution in [0.15, 0.2) is 23.2 Å². The standard InChI is InChI=1S/C15H17ClN2.ClH/c1-10-5-6-13-12(9-10)11-3-2-4-14(15(11)18-13)17-8-7-16;/h5-6,9,18H,2-4,7-8H2,1H3;1H/b17-14+;. The molecule has 2 aromatic rings. The van der Waals surface area contributed by atoms with Gasteiger partial charge in [-0.3, -0.25) is 4.99 Å². The Kier molecular flexibility index (Phi) is 4.54. The highest BCUT2D eigenvalue weighted by atomic mass is 35.5. The van der Waals surface area contributed by atoms with Crippen molar-refractivity contribution in [1.82, 2.24) is 4.98 Å². The smallest absolute Gasteiger partial charge is 0.0637 e. The highest BCUT2D eigenvalue weighted by molar-refractivity contribution is 6.18. The molecule has 3 rings (SSSR count). The van der Waals surface area contributed by atoms with Crippen molar-refractivity contribution in [3.8, 4) is 0 Å². The number of alkyl halides is 1. The van der Waals surface area contributed by atoms with Crippen LogP contribution in [0.1, 0.15) is 29.7 Å². The zero-order valence-corrected chi connectivity index (χ0v) is 12.6. The summed E-state index contributed by atoms with van der Waals surface area (Å²) in [7, 11) is 0. The number of halogens is 2.